The molecule has 0 saturated carbocycles. The fourth-order valence-corrected chi connectivity index (χ4v) is 4.47. The third-order valence-corrected chi connectivity index (χ3v) is 6.67. The lowest BCUT2D eigenvalue weighted by Crippen LogP contribution is -2.27. The Balaban J connectivity index is 1.62. The lowest BCUT2D eigenvalue weighted by atomic mass is 10.1. The maximum Gasteiger partial charge on any atom is 0.262 e. The predicted molar refractivity (Wildman–Crippen MR) is 126 cm³/mol. The van der Waals surface area contributed by atoms with Gasteiger partial charge in [-0.15, -0.1) is 0 Å². The van der Waals surface area contributed by atoms with Gasteiger partial charge in [0.1, 0.15) is 0 Å². The molecule has 3 aromatic carbocycles. The number of amides is 1. The molecule has 0 aliphatic heterocycles. The lowest BCUT2D eigenvalue weighted by Gasteiger charge is -2.13. The van der Waals surface area contributed by atoms with Gasteiger partial charge < -0.3 is 10.1 Å². The van der Waals surface area contributed by atoms with E-state index in [1.807, 2.05) is 50.2 Å². The standard InChI is InChI=1S/C25H28N2O4S/c1-18-10-12-23(15-20(18)3)27-32(29,30)24-16-22(11-9-19(24)2)25(28)26-13-14-31-17-21-7-5-4-6-8-21/h4-12,15-16,27H,13-14,17H2,1-3H3,(H,26,28). The lowest BCUT2D eigenvalue weighted by molar-refractivity contribution is 0.0900. The second-order valence-corrected chi connectivity index (χ2v) is 9.33. The first-order valence-corrected chi connectivity index (χ1v) is 11.9. The average molecular weight is 453 g/mol. The number of hydrogen-bond acceptors (Lipinski definition) is 4. The normalized spacial score (nSPS) is 11.2. The summed E-state index contributed by atoms with van der Waals surface area (Å²) in [5.74, 6) is -0.351. The van der Waals surface area contributed by atoms with Crippen LogP contribution in [0.3, 0.4) is 0 Å². The van der Waals surface area contributed by atoms with Crippen molar-refractivity contribution in [3.63, 3.8) is 0 Å². The molecule has 7 heteroatoms. The van der Waals surface area contributed by atoms with E-state index in [2.05, 4.69) is 10.0 Å². The highest BCUT2D eigenvalue weighted by molar-refractivity contribution is 7.92. The van der Waals surface area contributed by atoms with Crippen molar-refractivity contribution >= 4 is 21.6 Å². The van der Waals surface area contributed by atoms with Crippen LogP contribution in [0.15, 0.2) is 71.6 Å². The smallest absolute Gasteiger partial charge is 0.262 e. The highest BCUT2D eigenvalue weighted by Gasteiger charge is 2.19. The topological polar surface area (TPSA) is 84.5 Å². The summed E-state index contributed by atoms with van der Waals surface area (Å²) in [7, 11) is -3.84. The predicted octanol–water partition coefficient (Wildman–Crippen LogP) is 4.36. The molecule has 3 aromatic rings. The Kier molecular flexibility index (Phi) is 7.66. The van der Waals surface area contributed by atoms with Gasteiger partial charge in [0.2, 0.25) is 0 Å². The summed E-state index contributed by atoms with van der Waals surface area (Å²) in [5, 5.41) is 2.77. The van der Waals surface area contributed by atoms with E-state index < -0.39 is 10.0 Å². The van der Waals surface area contributed by atoms with Crippen LogP contribution in [0, 0.1) is 20.8 Å². The van der Waals surface area contributed by atoms with Crippen molar-refractivity contribution in [2.24, 2.45) is 0 Å². The Morgan fingerprint density at radius 3 is 2.31 bits per heavy atom. The number of ether oxygens (including phenoxy) is 1. The number of nitrogens with one attached hydrogen (secondary N) is 2. The Hall–Kier alpha value is -3.16. The Morgan fingerprint density at radius 1 is 0.875 bits per heavy atom. The molecule has 0 aliphatic rings. The fourth-order valence-electron chi connectivity index (χ4n) is 3.15. The number of carbonyl (C=O) groups is 1. The van der Waals surface area contributed by atoms with E-state index in [0.717, 1.165) is 16.7 Å². The molecular formula is C25H28N2O4S. The highest BCUT2D eigenvalue weighted by atomic mass is 32.2. The van der Waals surface area contributed by atoms with Crippen molar-refractivity contribution in [1.82, 2.24) is 5.32 Å². The van der Waals surface area contributed by atoms with Gasteiger partial charge in [0.05, 0.1) is 18.1 Å². The molecule has 6 nitrogen and oxygen atoms in total. The van der Waals surface area contributed by atoms with Crippen molar-refractivity contribution in [2.75, 3.05) is 17.9 Å². The molecule has 0 atom stereocenters. The zero-order valence-corrected chi connectivity index (χ0v) is 19.3. The molecule has 1 amide bonds. The monoisotopic (exact) mass is 452 g/mol. The minimum absolute atomic E-state index is 0.0729. The van der Waals surface area contributed by atoms with Crippen LogP contribution >= 0.6 is 0 Å². The van der Waals surface area contributed by atoms with E-state index in [0.29, 0.717) is 31.0 Å². The molecule has 0 aromatic heterocycles. The number of hydrogen-bond donors (Lipinski definition) is 2. The van der Waals surface area contributed by atoms with Gasteiger partial charge in [-0.25, -0.2) is 8.42 Å². The summed E-state index contributed by atoms with van der Waals surface area (Å²) in [6, 6.07) is 19.8. The first kappa shape index (κ1) is 23.5. The summed E-state index contributed by atoms with van der Waals surface area (Å²) in [4.78, 5) is 12.6. The maximum absolute atomic E-state index is 13.0. The summed E-state index contributed by atoms with van der Waals surface area (Å²) in [5.41, 5.74) is 4.45. The van der Waals surface area contributed by atoms with Crippen molar-refractivity contribution in [1.29, 1.82) is 0 Å². The van der Waals surface area contributed by atoms with E-state index in [1.54, 1.807) is 31.2 Å². The molecule has 32 heavy (non-hydrogen) atoms. The summed E-state index contributed by atoms with van der Waals surface area (Å²) in [6.45, 7) is 6.73. The summed E-state index contributed by atoms with van der Waals surface area (Å²) in [6.07, 6.45) is 0. The molecule has 0 radical (unpaired) electrons. The Labute approximate surface area is 189 Å². The first-order chi connectivity index (χ1) is 15.3. The van der Waals surface area contributed by atoms with Gasteiger partial charge in [-0.2, -0.15) is 0 Å². The second kappa shape index (κ2) is 10.4. The molecule has 0 bridgehead atoms. The number of aryl methyl sites for hydroxylation is 3. The summed E-state index contributed by atoms with van der Waals surface area (Å²) < 4.78 is 34.1. The van der Waals surface area contributed by atoms with Crippen molar-refractivity contribution in [2.45, 2.75) is 32.3 Å². The van der Waals surface area contributed by atoms with Gasteiger partial charge in [0.15, 0.2) is 0 Å². The largest absolute Gasteiger partial charge is 0.375 e. The van der Waals surface area contributed by atoms with Crippen LogP contribution in [0.25, 0.3) is 0 Å². The summed E-state index contributed by atoms with van der Waals surface area (Å²) >= 11 is 0. The van der Waals surface area contributed by atoms with E-state index in [-0.39, 0.29) is 16.4 Å². The Bertz CT molecular complexity index is 1190. The molecule has 0 aliphatic carbocycles. The van der Waals surface area contributed by atoms with Gasteiger partial charge in [0, 0.05) is 17.8 Å². The minimum atomic E-state index is -3.84. The van der Waals surface area contributed by atoms with E-state index >= 15 is 0 Å². The van der Waals surface area contributed by atoms with Crippen LogP contribution in [0.4, 0.5) is 5.69 Å². The van der Waals surface area contributed by atoms with E-state index in [4.69, 9.17) is 4.74 Å². The second-order valence-electron chi connectivity index (χ2n) is 7.68. The van der Waals surface area contributed by atoms with Crippen molar-refractivity contribution in [3.05, 3.63) is 94.5 Å². The molecule has 168 valence electrons. The zero-order valence-electron chi connectivity index (χ0n) is 18.5. The van der Waals surface area contributed by atoms with Crippen molar-refractivity contribution in [3.8, 4) is 0 Å². The van der Waals surface area contributed by atoms with Gasteiger partial charge >= 0.3 is 0 Å². The number of rotatable bonds is 9. The molecule has 2 N–H and O–H groups in total. The SMILES string of the molecule is Cc1ccc(NS(=O)(=O)c2cc(C(=O)NCCOCc3ccccc3)ccc2C)cc1C. The van der Waals surface area contributed by atoms with Crippen LogP contribution in [-0.2, 0) is 21.4 Å². The zero-order chi connectivity index (χ0) is 23.1. The van der Waals surface area contributed by atoms with Crippen LogP contribution in [0.5, 0.6) is 0 Å². The third kappa shape index (κ3) is 6.18. The molecule has 3 rings (SSSR count). The van der Waals surface area contributed by atoms with Gasteiger partial charge in [0.25, 0.3) is 15.9 Å². The van der Waals surface area contributed by atoms with Crippen LogP contribution in [0.2, 0.25) is 0 Å². The van der Waals surface area contributed by atoms with E-state index in [1.165, 1.54) is 6.07 Å². The van der Waals surface area contributed by atoms with E-state index in [9.17, 15) is 13.2 Å². The molecule has 0 unspecified atom stereocenters. The van der Waals surface area contributed by atoms with Crippen LogP contribution < -0.4 is 10.0 Å². The molecule has 0 spiro atoms. The van der Waals surface area contributed by atoms with Gasteiger partial charge in [-0.1, -0.05) is 42.5 Å². The molecule has 0 fully saturated rings. The maximum atomic E-state index is 13.0. The third-order valence-electron chi connectivity index (χ3n) is 5.14. The van der Waals surface area contributed by atoms with Gasteiger partial charge in [-0.3, -0.25) is 9.52 Å². The molecular weight excluding hydrogens is 424 g/mol. The molecule has 0 heterocycles. The van der Waals surface area contributed by atoms with Crippen molar-refractivity contribution < 1.29 is 17.9 Å². The Morgan fingerprint density at radius 2 is 1.59 bits per heavy atom. The fraction of sp³-hybridized carbons (Fsp3) is 0.240. The molecule has 0 saturated heterocycles. The van der Waals surface area contributed by atoms with Crippen LogP contribution in [0.1, 0.15) is 32.6 Å². The number of anilines is 1. The van der Waals surface area contributed by atoms with Crippen LogP contribution in [-0.4, -0.2) is 27.5 Å². The number of benzene rings is 3. The van der Waals surface area contributed by atoms with Gasteiger partial charge in [-0.05, 0) is 67.3 Å². The first-order valence-electron chi connectivity index (χ1n) is 10.4. The quantitative estimate of drug-likeness (QED) is 0.473. The average Bonchev–Trinajstić information content (AvgIpc) is 2.76. The number of carbonyl (C=O) groups excluding carboxylic acids is 1. The highest BCUT2D eigenvalue weighted by Crippen LogP contribution is 2.22. The minimum Gasteiger partial charge on any atom is -0.375 e. The number of sulfonamides is 1.